The molecule has 0 unspecified atom stereocenters. The SMILES string of the molecule is O=C(O)CNC(=O)CNc1ncnc2sc(-c3ccccc3)cc12. The summed E-state index contributed by atoms with van der Waals surface area (Å²) in [6.45, 7) is -0.466. The fraction of sp³-hybridized carbons (Fsp3) is 0.125. The summed E-state index contributed by atoms with van der Waals surface area (Å²) < 4.78 is 0. The van der Waals surface area contributed by atoms with Crippen LogP contribution in [0.3, 0.4) is 0 Å². The van der Waals surface area contributed by atoms with E-state index in [0.29, 0.717) is 5.82 Å². The van der Waals surface area contributed by atoms with Crippen LogP contribution < -0.4 is 10.6 Å². The number of fused-ring (bicyclic) bond motifs is 1. The van der Waals surface area contributed by atoms with Gasteiger partial charge in [-0.2, -0.15) is 0 Å². The first-order valence-electron chi connectivity index (χ1n) is 7.16. The van der Waals surface area contributed by atoms with E-state index in [1.807, 2.05) is 36.4 Å². The second-order valence-electron chi connectivity index (χ2n) is 4.94. The number of aliphatic carboxylic acids is 1. The van der Waals surface area contributed by atoms with Crippen molar-refractivity contribution in [3.8, 4) is 10.4 Å². The van der Waals surface area contributed by atoms with Crippen LogP contribution in [0.4, 0.5) is 5.82 Å². The lowest BCUT2D eigenvalue weighted by Crippen LogP contribution is -2.34. The van der Waals surface area contributed by atoms with Crippen LogP contribution in [0.2, 0.25) is 0 Å². The van der Waals surface area contributed by atoms with Crippen LogP contribution in [0.5, 0.6) is 0 Å². The standard InChI is InChI=1S/C16H14N4O3S/c21-13(17-8-14(22)23)7-18-15-11-6-12(10-4-2-1-3-5-10)24-16(11)20-9-19-15/h1-6,9H,7-8H2,(H,17,21)(H,22,23)(H,18,19,20). The average molecular weight is 342 g/mol. The number of anilines is 1. The van der Waals surface area contributed by atoms with Gasteiger partial charge < -0.3 is 15.7 Å². The van der Waals surface area contributed by atoms with Crippen molar-refractivity contribution in [3.63, 3.8) is 0 Å². The van der Waals surface area contributed by atoms with Crippen molar-refractivity contribution < 1.29 is 14.7 Å². The normalized spacial score (nSPS) is 10.5. The lowest BCUT2D eigenvalue weighted by molar-refractivity contribution is -0.137. The Morgan fingerprint density at radius 1 is 1.12 bits per heavy atom. The summed E-state index contributed by atoms with van der Waals surface area (Å²) >= 11 is 1.54. The number of hydrogen-bond acceptors (Lipinski definition) is 6. The number of nitrogens with zero attached hydrogens (tertiary/aromatic N) is 2. The minimum atomic E-state index is -1.09. The molecule has 1 aromatic carbocycles. The molecule has 0 saturated heterocycles. The number of carboxylic acids is 1. The first-order valence-corrected chi connectivity index (χ1v) is 7.97. The van der Waals surface area contributed by atoms with Gasteiger partial charge in [0.15, 0.2) is 0 Å². The van der Waals surface area contributed by atoms with Crippen molar-refractivity contribution in [3.05, 3.63) is 42.7 Å². The summed E-state index contributed by atoms with van der Waals surface area (Å²) in [5.74, 6) is -0.954. The van der Waals surface area contributed by atoms with E-state index >= 15 is 0 Å². The van der Waals surface area contributed by atoms with Gasteiger partial charge in [0.2, 0.25) is 5.91 Å². The molecule has 3 aromatic rings. The highest BCUT2D eigenvalue weighted by atomic mass is 32.1. The Bertz CT molecular complexity index is 879. The third-order valence-corrected chi connectivity index (χ3v) is 4.33. The number of carbonyl (C=O) groups excluding carboxylic acids is 1. The van der Waals surface area contributed by atoms with Crippen LogP contribution in [0, 0.1) is 0 Å². The molecule has 0 bridgehead atoms. The smallest absolute Gasteiger partial charge is 0.322 e. The molecule has 0 saturated carbocycles. The first-order chi connectivity index (χ1) is 11.6. The Morgan fingerprint density at radius 3 is 2.67 bits per heavy atom. The van der Waals surface area contributed by atoms with Gasteiger partial charge in [0.05, 0.1) is 11.9 Å². The number of nitrogens with one attached hydrogen (secondary N) is 2. The highest BCUT2D eigenvalue weighted by Gasteiger charge is 2.11. The van der Waals surface area contributed by atoms with Gasteiger partial charge >= 0.3 is 5.97 Å². The van der Waals surface area contributed by atoms with E-state index in [1.54, 1.807) is 11.3 Å². The highest BCUT2D eigenvalue weighted by molar-refractivity contribution is 7.21. The lowest BCUT2D eigenvalue weighted by Gasteiger charge is -2.06. The summed E-state index contributed by atoms with van der Waals surface area (Å²) in [6.07, 6.45) is 1.44. The lowest BCUT2D eigenvalue weighted by atomic mass is 10.2. The number of carbonyl (C=O) groups is 2. The maximum atomic E-state index is 11.6. The Hall–Kier alpha value is -3.00. The molecule has 2 aromatic heterocycles. The van der Waals surface area contributed by atoms with Gasteiger partial charge in [-0.1, -0.05) is 30.3 Å². The van der Waals surface area contributed by atoms with Crippen LogP contribution in [0.1, 0.15) is 0 Å². The minimum Gasteiger partial charge on any atom is -0.480 e. The maximum Gasteiger partial charge on any atom is 0.322 e. The van der Waals surface area contributed by atoms with Crippen LogP contribution in [-0.2, 0) is 9.59 Å². The van der Waals surface area contributed by atoms with E-state index in [1.165, 1.54) is 6.33 Å². The molecule has 0 atom stereocenters. The molecule has 0 aliphatic heterocycles. The topological polar surface area (TPSA) is 104 Å². The summed E-state index contributed by atoms with van der Waals surface area (Å²) in [7, 11) is 0. The second kappa shape index (κ2) is 7.05. The maximum absolute atomic E-state index is 11.6. The van der Waals surface area contributed by atoms with Crippen molar-refractivity contribution >= 4 is 39.2 Å². The van der Waals surface area contributed by atoms with Gasteiger partial charge in [-0.3, -0.25) is 9.59 Å². The molecule has 0 aliphatic rings. The van der Waals surface area contributed by atoms with E-state index in [9.17, 15) is 9.59 Å². The van der Waals surface area contributed by atoms with Gasteiger partial charge in [-0.25, -0.2) is 9.97 Å². The Kier molecular flexibility index (Phi) is 4.66. The van der Waals surface area contributed by atoms with Crippen molar-refractivity contribution in [2.45, 2.75) is 0 Å². The average Bonchev–Trinajstić information content (AvgIpc) is 3.03. The third-order valence-electron chi connectivity index (χ3n) is 3.24. The van der Waals surface area contributed by atoms with Crippen molar-refractivity contribution in [1.29, 1.82) is 0 Å². The van der Waals surface area contributed by atoms with E-state index in [0.717, 1.165) is 20.7 Å². The molecule has 24 heavy (non-hydrogen) atoms. The zero-order valence-electron chi connectivity index (χ0n) is 12.5. The molecule has 8 heteroatoms. The molecule has 0 fully saturated rings. The molecule has 0 radical (unpaired) electrons. The zero-order chi connectivity index (χ0) is 16.9. The number of amides is 1. The Labute approximate surface area is 141 Å². The summed E-state index contributed by atoms with van der Waals surface area (Å²) in [6, 6.07) is 11.9. The van der Waals surface area contributed by atoms with E-state index in [-0.39, 0.29) is 6.54 Å². The fourth-order valence-electron chi connectivity index (χ4n) is 2.14. The van der Waals surface area contributed by atoms with E-state index in [4.69, 9.17) is 5.11 Å². The second-order valence-corrected chi connectivity index (χ2v) is 5.97. The van der Waals surface area contributed by atoms with Gasteiger partial charge in [-0.05, 0) is 11.6 Å². The van der Waals surface area contributed by atoms with Crippen LogP contribution in [0.25, 0.3) is 20.7 Å². The molecule has 7 nitrogen and oxygen atoms in total. The third kappa shape index (κ3) is 3.66. The number of rotatable bonds is 6. The van der Waals surface area contributed by atoms with Crippen molar-refractivity contribution in [2.24, 2.45) is 0 Å². The summed E-state index contributed by atoms with van der Waals surface area (Å²) in [5.41, 5.74) is 1.09. The van der Waals surface area contributed by atoms with Gasteiger partial charge in [0.1, 0.15) is 23.5 Å². The van der Waals surface area contributed by atoms with Crippen molar-refractivity contribution in [1.82, 2.24) is 15.3 Å². The number of aromatic nitrogens is 2. The van der Waals surface area contributed by atoms with E-state index < -0.39 is 18.4 Å². The van der Waals surface area contributed by atoms with Crippen LogP contribution in [-0.4, -0.2) is 40.0 Å². The molecular formula is C16H14N4O3S. The van der Waals surface area contributed by atoms with Gasteiger partial charge in [0.25, 0.3) is 0 Å². The molecule has 122 valence electrons. The number of hydrogen-bond donors (Lipinski definition) is 3. The number of thiophene rings is 1. The molecule has 3 N–H and O–H groups in total. The van der Waals surface area contributed by atoms with Gasteiger partial charge in [0, 0.05) is 4.88 Å². The molecule has 3 rings (SSSR count). The summed E-state index contributed by atoms with van der Waals surface area (Å²) in [4.78, 5) is 32.4. The summed E-state index contributed by atoms with van der Waals surface area (Å²) in [5, 5.41) is 14.6. The molecule has 0 aliphatic carbocycles. The molecule has 1 amide bonds. The largest absolute Gasteiger partial charge is 0.480 e. The highest BCUT2D eigenvalue weighted by Crippen LogP contribution is 2.34. The van der Waals surface area contributed by atoms with Crippen LogP contribution >= 0.6 is 11.3 Å². The number of carboxylic acid groups (broad SMARTS) is 1. The monoisotopic (exact) mass is 342 g/mol. The molecule has 2 heterocycles. The fourth-order valence-corrected chi connectivity index (χ4v) is 3.15. The molecular weight excluding hydrogens is 328 g/mol. The molecule has 0 spiro atoms. The van der Waals surface area contributed by atoms with E-state index in [2.05, 4.69) is 20.6 Å². The Morgan fingerprint density at radius 2 is 1.92 bits per heavy atom. The minimum absolute atomic E-state index is 0.0596. The Balaban J connectivity index is 1.78. The predicted molar refractivity (Wildman–Crippen MR) is 92.0 cm³/mol. The zero-order valence-corrected chi connectivity index (χ0v) is 13.3. The van der Waals surface area contributed by atoms with Crippen molar-refractivity contribution in [2.75, 3.05) is 18.4 Å². The first kappa shape index (κ1) is 15.9. The van der Waals surface area contributed by atoms with Crippen LogP contribution in [0.15, 0.2) is 42.7 Å². The van der Waals surface area contributed by atoms with Gasteiger partial charge in [-0.15, -0.1) is 11.3 Å². The quantitative estimate of drug-likeness (QED) is 0.633. The number of benzene rings is 1. The predicted octanol–water partition coefficient (Wildman–Crippen LogP) is 1.97.